The molecule has 0 spiro atoms. The van der Waals surface area contributed by atoms with E-state index in [2.05, 4.69) is 10.3 Å². The van der Waals surface area contributed by atoms with Crippen LogP contribution >= 0.6 is 0 Å². The molecule has 0 bridgehead atoms. The van der Waals surface area contributed by atoms with Gasteiger partial charge >= 0.3 is 5.97 Å². The molecule has 1 aromatic heterocycles. The number of amides is 1. The SMILES string of the molecule is COc1ccc(F)c2[nH]c(C(=O)N[C@@H](CC(C)C)C(=O)OC(C)(C)C)cc12. The second-order valence-corrected chi connectivity index (χ2v) is 7.91. The Kier molecular flexibility index (Phi) is 6.13. The third kappa shape index (κ3) is 5.21. The summed E-state index contributed by atoms with van der Waals surface area (Å²) < 4.78 is 24.7. The number of benzene rings is 1. The largest absolute Gasteiger partial charge is 0.496 e. The lowest BCUT2D eigenvalue weighted by molar-refractivity contribution is -0.157. The van der Waals surface area contributed by atoms with E-state index in [1.807, 2.05) is 13.8 Å². The predicted octanol–water partition coefficient (Wildman–Crippen LogP) is 3.80. The van der Waals surface area contributed by atoms with E-state index in [4.69, 9.17) is 9.47 Å². The number of carbonyl (C=O) groups excluding carboxylic acids is 2. The topological polar surface area (TPSA) is 80.4 Å². The Morgan fingerprint density at radius 2 is 1.93 bits per heavy atom. The summed E-state index contributed by atoms with van der Waals surface area (Å²) in [6, 6.07) is 3.47. The molecule has 0 fully saturated rings. The lowest BCUT2D eigenvalue weighted by Gasteiger charge is -2.25. The van der Waals surface area contributed by atoms with Gasteiger partial charge in [0.05, 0.1) is 12.6 Å². The van der Waals surface area contributed by atoms with E-state index in [-0.39, 0.29) is 17.1 Å². The summed E-state index contributed by atoms with van der Waals surface area (Å²) in [6.07, 6.45) is 0.429. The molecule has 0 saturated heterocycles. The van der Waals surface area contributed by atoms with Crippen molar-refractivity contribution in [3.05, 3.63) is 29.7 Å². The molecule has 0 unspecified atom stereocenters. The summed E-state index contributed by atoms with van der Waals surface area (Å²) in [6.45, 7) is 9.21. The molecule has 0 aliphatic heterocycles. The van der Waals surface area contributed by atoms with Crippen molar-refractivity contribution in [1.29, 1.82) is 0 Å². The lowest BCUT2D eigenvalue weighted by Crippen LogP contribution is -2.45. The molecular weight excluding hydrogens is 351 g/mol. The first-order valence-corrected chi connectivity index (χ1v) is 8.90. The Morgan fingerprint density at radius 1 is 1.26 bits per heavy atom. The molecule has 0 aliphatic rings. The molecule has 27 heavy (non-hydrogen) atoms. The highest BCUT2D eigenvalue weighted by Gasteiger charge is 2.28. The van der Waals surface area contributed by atoms with Crippen LogP contribution in [0.4, 0.5) is 4.39 Å². The van der Waals surface area contributed by atoms with Crippen molar-refractivity contribution >= 4 is 22.8 Å². The van der Waals surface area contributed by atoms with Crippen LogP contribution in [0.2, 0.25) is 0 Å². The van der Waals surface area contributed by atoms with Gasteiger partial charge in [-0.25, -0.2) is 9.18 Å². The number of rotatable bonds is 6. The number of methoxy groups -OCH3 is 1. The van der Waals surface area contributed by atoms with E-state index < -0.39 is 29.3 Å². The molecule has 0 aliphatic carbocycles. The Hall–Kier alpha value is -2.57. The molecule has 6 nitrogen and oxygen atoms in total. The molecule has 1 amide bonds. The predicted molar refractivity (Wildman–Crippen MR) is 101 cm³/mol. The van der Waals surface area contributed by atoms with Crippen LogP contribution < -0.4 is 10.1 Å². The summed E-state index contributed by atoms with van der Waals surface area (Å²) in [5.74, 6) is -0.875. The van der Waals surface area contributed by atoms with Crippen LogP contribution in [0.15, 0.2) is 18.2 Å². The van der Waals surface area contributed by atoms with Crippen molar-refractivity contribution in [1.82, 2.24) is 10.3 Å². The number of fused-ring (bicyclic) bond motifs is 1. The number of ether oxygens (including phenoxy) is 2. The van der Waals surface area contributed by atoms with E-state index in [9.17, 15) is 14.0 Å². The highest BCUT2D eigenvalue weighted by Crippen LogP contribution is 2.28. The number of carbonyl (C=O) groups is 2. The van der Waals surface area contributed by atoms with Gasteiger partial charge in [-0.2, -0.15) is 0 Å². The molecule has 2 N–H and O–H groups in total. The molecule has 0 saturated carbocycles. The van der Waals surface area contributed by atoms with Gasteiger partial charge in [0.15, 0.2) is 0 Å². The van der Waals surface area contributed by atoms with E-state index in [0.717, 1.165) is 0 Å². The van der Waals surface area contributed by atoms with Crippen LogP contribution in [-0.2, 0) is 9.53 Å². The van der Waals surface area contributed by atoms with Crippen LogP contribution in [0.3, 0.4) is 0 Å². The second-order valence-electron chi connectivity index (χ2n) is 7.91. The van der Waals surface area contributed by atoms with Gasteiger partial charge in [0, 0.05) is 5.39 Å². The molecule has 1 atom stereocenters. The summed E-state index contributed by atoms with van der Waals surface area (Å²) in [5, 5.41) is 3.16. The van der Waals surface area contributed by atoms with Crippen molar-refractivity contribution in [2.45, 2.75) is 52.7 Å². The summed E-state index contributed by atoms with van der Waals surface area (Å²) in [4.78, 5) is 27.9. The Bertz CT molecular complexity index is 836. The van der Waals surface area contributed by atoms with Gasteiger partial charge in [-0.05, 0) is 51.3 Å². The third-order valence-corrected chi connectivity index (χ3v) is 3.87. The van der Waals surface area contributed by atoms with Crippen LogP contribution in [-0.4, -0.2) is 35.6 Å². The van der Waals surface area contributed by atoms with E-state index in [0.29, 0.717) is 17.6 Å². The maximum absolute atomic E-state index is 14.0. The fraction of sp³-hybridized carbons (Fsp3) is 0.500. The first-order chi connectivity index (χ1) is 12.5. The number of aromatic amines is 1. The highest BCUT2D eigenvalue weighted by atomic mass is 19.1. The van der Waals surface area contributed by atoms with Crippen molar-refractivity contribution < 1.29 is 23.5 Å². The van der Waals surface area contributed by atoms with Crippen molar-refractivity contribution in [2.75, 3.05) is 7.11 Å². The minimum atomic E-state index is -0.796. The summed E-state index contributed by atoms with van der Waals surface area (Å²) >= 11 is 0. The first-order valence-electron chi connectivity index (χ1n) is 8.90. The molecule has 1 heterocycles. The van der Waals surface area contributed by atoms with Crippen LogP contribution in [0, 0.1) is 11.7 Å². The average molecular weight is 378 g/mol. The fourth-order valence-corrected chi connectivity index (χ4v) is 2.75. The maximum atomic E-state index is 14.0. The van der Waals surface area contributed by atoms with Crippen molar-refractivity contribution in [2.24, 2.45) is 5.92 Å². The van der Waals surface area contributed by atoms with Crippen molar-refractivity contribution in [3.8, 4) is 5.75 Å². The quantitative estimate of drug-likeness (QED) is 0.749. The molecule has 2 rings (SSSR count). The molecule has 148 valence electrons. The molecular formula is C20H27FN2O4. The molecule has 2 aromatic rings. The zero-order chi connectivity index (χ0) is 20.4. The smallest absolute Gasteiger partial charge is 0.329 e. The highest BCUT2D eigenvalue weighted by molar-refractivity contribution is 6.01. The van der Waals surface area contributed by atoms with Crippen molar-refractivity contribution in [3.63, 3.8) is 0 Å². The molecule has 1 aromatic carbocycles. The fourth-order valence-electron chi connectivity index (χ4n) is 2.75. The Morgan fingerprint density at radius 3 is 2.48 bits per heavy atom. The van der Waals surface area contributed by atoms with Gasteiger partial charge in [-0.15, -0.1) is 0 Å². The zero-order valence-corrected chi connectivity index (χ0v) is 16.6. The number of hydrogen-bond donors (Lipinski definition) is 2. The van der Waals surface area contributed by atoms with Gasteiger partial charge in [0.25, 0.3) is 5.91 Å². The molecule has 0 radical (unpaired) electrons. The molecule has 7 heteroatoms. The lowest BCUT2D eigenvalue weighted by atomic mass is 10.0. The zero-order valence-electron chi connectivity index (χ0n) is 16.6. The van der Waals surface area contributed by atoms with Gasteiger partial charge in [-0.3, -0.25) is 4.79 Å². The number of halogens is 1. The maximum Gasteiger partial charge on any atom is 0.329 e. The van der Waals surface area contributed by atoms with Gasteiger partial charge in [0.1, 0.15) is 28.9 Å². The number of esters is 1. The van der Waals surface area contributed by atoms with Crippen LogP contribution in [0.25, 0.3) is 10.9 Å². The van der Waals surface area contributed by atoms with Crippen LogP contribution in [0.1, 0.15) is 51.5 Å². The average Bonchev–Trinajstić information content (AvgIpc) is 2.99. The normalized spacial score (nSPS) is 12.9. The Balaban J connectivity index is 2.28. The minimum Gasteiger partial charge on any atom is -0.496 e. The van der Waals surface area contributed by atoms with E-state index in [1.54, 1.807) is 20.8 Å². The van der Waals surface area contributed by atoms with Gasteiger partial charge in [-0.1, -0.05) is 13.8 Å². The third-order valence-electron chi connectivity index (χ3n) is 3.87. The number of aromatic nitrogens is 1. The summed E-state index contributed by atoms with van der Waals surface area (Å²) in [7, 11) is 1.47. The van der Waals surface area contributed by atoms with E-state index in [1.165, 1.54) is 25.3 Å². The standard InChI is InChI=1S/C20H27FN2O4/c1-11(2)9-15(19(25)27-20(3,4)5)23-18(24)14-10-12-16(26-6)8-7-13(21)17(12)22-14/h7-8,10-11,15,22H,9H2,1-6H3,(H,23,24)/t15-/m0/s1. The second kappa shape index (κ2) is 7.98. The van der Waals surface area contributed by atoms with Gasteiger partial charge in [0.2, 0.25) is 0 Å². The number of hydrogen-bond acceptors (Lipinski definition) is 4. The Labute approximate surface area is 158 Å². The first kappa shape index (κ1) is 20.7. The van der Waals surface area contributed by atoms with Gasteiger partial charge < -0.3 is 19.8 Å². The van der Waals surface area contributed by atoms with Crippen LogP contribution in [0.5, 0.6) is 5.75 Å². The summed E-state index contributed by atoms with van der Waals surface area (Å²) in [5.41, 5.74) is -0.336. The monoisotopic (exact) mass is 378 g/mol. The van der Waals surface area contributed by atoms with E-state index >= 15 is 0 Å². The number of H-pyrrole nitrogens is 1. The minimum absolute atomic E-state index is 0.144. The number of nitrogens with one attached hydrogen (secondary N) is 2.